The van der Waals surface area contributed by atoms with Crippen molar-refractivity contribution in [1.29, 1.82) is 0 Å². The fourth-order valence-corrected chi connectivity index (χ4v) is 5.68. The Morgan fingerprint density at radius 1 is 0.774 bits per heavy atom. The Kier molecular flexibility index (Phi) is 16.9. The predicted molar refractivity (Wildman–Crippen MR) is 173 cm³/mol. The van der Waals surface area contributed by atoms with Crippen molar-refractivity contribution in [3.63, 3.8) is 0 Å². The summed E-state index contributed by atoms with van der Waals surface area (Å²) >= 11 is 0. The van der Waals surface area contributed by atoms with E-state index in [9.17, 15) is 68.1 Å². The van der Waals surface area contributed by atoms with Crippen molar-refractivity contribution in [2.24, 2.45) is 0 Å². The summed E-state index contributed by atoms with van der Waals surface area (Å²) < 4.78 is 57.4. The van der Waals surface area contributed by atoms with Crippen LogP contribution in [0.2, 0.25) is 0 Å². The van der Waals surface area contributed by atoms with Crippen molar-refractivity contribution in [3.05, 3.63) is 29.3 Å². The number of amides is 1. The standard InChI is InChI=1S/C31H46F3N5O14/c32-31(33,34)21-13-20(52-29-28(49)27(48)26(47)22(17-40)53-29)2-1-19(21)18-51-30(50)35-3-4-36-5-7-37(14-23(41)42)9-11-39(16-25(45)46)12-10-38(8-6-36)15-24(43)44/h1-2,13,22,26-29,40,47-49H,3-12,14-18H2,(H,35,50)(H,41,42)(H,43,44)(H,45,46)/t22-,26+,27+,28-,29-/m1/s1. The third kappa shape index (κ3) is 14.5. The van der Waals surface area contributed by atoms with E-state index in [2.05, 4.69) is 5.32 Å². The van der Waals surface area contributed by atoms with Crippen LogP contribution in [0.3, 0.4) is 0 Å². The van der Waals surface area contributed by atoms with Gasteiger partial charge < -0.3 is 55.3 Å². The number of carboxylic acid groups (broad SMARTS) is 3. The average molecular weight is 770 g/mol. The molecule has 53 heavy (non-hydrogen) atoms. The number of nitrogens with one attached hydrogen (secondary N) is 1. The van der Waals surface area contributed by atoms with Crippen LogP contribution in [-0.2, 0) is 36.6 Å². The maximum atomic E-state index is 14.0. The summed E-state index contributed by atoms with van der Waals surface area (Å²) in [6, 6.07) is 2.62. The zero-order valence-electron chi connectivity index (χ0n) is 28.6. The minimum Gasteiger partial charge on any atom is -0.480 e. The second kappa shape index (κ2) is 20.5. The third-order valence-corrected chi connectivity index (χ3v) is 8.55. The van der Waals surface area contributed by atoms with Crippen LogP contribution in [0.5, 0.6) is 5.75 Å². The first-order chi connectivity index (χ1) is 25.0. The van der Waals surface area contributed by atoms with E-state index in [0.29, 0.717) is 6.07 Å². The van der Waals surface area contributed by atoms with Crippen LogP contribution in [0.1, 0.15) is 11.1 Å². The monoisotopic (exact) mass is 769 g/mol. The normalized spacial score (nSPS) is 24.8. The Morgan fingerprint density at radius 2 is 1.26 bits per heavy atom. The molecule has 0 aliphatic carbocycles. The van der Waals surface area contributed by atoms with Gasteiger partial charge in [0.05, 0.1) is 31.8 Å². The molecule has 22 heteroatoms. The van der Waals surface area contributed by atoms with Crippen molar-refractivity contribution < 1.29 is 82.3 Å². The van der Waals surface area contributed by atoms with E-state index in [0.717, 1.165) is 12.1 Å². The molecular weight excluding hydrogens is 723 g/mol. The SMILES string of the molecule is O=C(O)CN1CCN(CCNC(=O)OCc2ccc(O[C@@H]3O[C@H](CO)[C@H](O)[C@H](O)[C@H]3O)cc2C(F)(F)F)CCN(CC(=O)O)CCN(CC(=O)O)CC1. The molecule has 2 aliphatic rings. The van der Waals surface area contributed by atoms with E-state index in [4.69, 9.17) is 14.2 Å². The third-order valence-electron chi connectivity index (χ3n) is 8.55. The molecule has 0 spiro atoms. The number of aliphatic hydroxyl groups excluding tert-OH is 4. The van der Waals surface area contributed by atoms with Gasteiger partial charge in [0.2, 0.25) is 6.29 Å². The van der Waals surface area contributed by atoms with Crippen molar-refractivity contribution >= 4 is 24.0 Å². The molecule has 0 saturated carbocycles. The Balaban J connectivity index is 1.61. The molecule has 0 unspecified atom stereocenters. The smallest absolute Gasteiger partial charge is 0.416 e. The number of rotatable bonds is 14. The van der Waals surface area contributed by atoms with Crippen molar-refractivity contribution in [2.75, 3.05) is 91.7 Å². The van der Waals surface area contributed by atoms with E-state index in [-0.39, 0.29) is 85.1 Å². The first kappa shape index (κ1) is 43.5. The van der Waals surface area contributed by atoms with Gasteiger partial charge in [-0.1, -0.05) is 6.07 Å². The predicted octanol–water partition coefficient (Wildman–Crippen LogP) is -2.41. The summed E-state index contributed by atoms with van der Waals surface area (Å²) in [5.74, 6) is -3.70. The molecule has 1 amide bonds. The Labute approximate surface area is 301 Å². The summed E-state index contributed by atoms with van der Waals surface area (Å²) in [6.07, 6.45) is -14.5. The number of carbonyl (C=O) groups excluding carboxylic acids is 1. The zero-order chi connectivity index (χ0) is 39.3. The van der Waals surface area contributed by atoms with E-state index in [1.807, 2.05) is 4.90 Å². The first-order valence-corrected chi connectivity index (χ1v) is 16.6. The van der Waals surface area contributed by atoms with Gasteiger partial charge in [-0.2, -0.15) is 13.2 Å². The summed E-state index contributed by atoms with van der Waals surface area (Å²) in [7, 11) is 0. The van der Waals surface area contributed by atoms with Gasteiger partial charge in [0.1, 0.15) is 36.8 Å². The van der Waals surface area contributed by atoms with E-state index < -0.39 is 91.0 Å². The molecule has 1 aromatic rings. The molecule has 2 heterocycles. The van der Waals surface area contributed by atoms with Gasteiger partial charge in [-0.15, -0.1) is 0 Å². The Bertz CT molecular complexity index is 1340. The van der Waals surface area contributed by atoms with Gasteiger partial charge in [0.25, 0.3) is 0 Å². The number of ether oxygens (including phenoxy) is 3. The number of benzene rings is 1. The highest BCUT2D eigenvalue weighted by Crippen LogP contribution is 2.36. The van der Waals surface area contributed by atoms with Gasteiger partial charge in [0.15, 0.2) is 0 Å². The molecule has 5 atom stereocenters. The van der Waals surface area contributed by atoms with Crippen LogP contribution in [0.4, 0.5) is 18.0 Å². The van der Waals surface area contributed by atoms with Crippen molar-refractivity contribution in [2.45, 2.75) is 43.5 Å². The Morgan fingerprint density at radius 3 is 1.72 bits per heavy atom. The molecule has 19 nitrogen and oxygen atoms in total. The molecule has 0 radical (unpaired) electrons. The lowest BCUT2D eigenvalue weighted by molar-refractivity contribution is -0.277. The highest BCUT2D eigenvalue weighted by atomic mass is 19.4. The number of halogens is 3. The number of aliphatic carboxylic acids is 3. The second-order valence-electron chi connectivity index (χ2n) is 12.5. The van der Waals surface area contributed by atoms with Crippen molar-refractivity contribution in [3.8, 4) is 5.75 Å². The largest absolute Gasteiger partial charge is 0.480 e. The number of alkyl carbamates (subject to hydrolysis) is 1. The topological polar surface area (TPSA) is 263 Å². The fourth-order valence-electron chi connectivity index (χ4n) is 5.68. The number of carbonyl (C=O) groups is 4. The number of nitrogens with zero attached hydrogens (tertiary/aromatic N) is 4. The molecular formula is C31H46F3N5O14. The average Bonchev–Trinajstić information content (AvgIpc) is 3.07. The molecule has 1 aromatic carbocycles. The molecule has 2 aliphatic heterocycles. The molecule has 2 fully saturated rings. The second-order valence-corrected chi connectivity index (χ2v) is 12.5. The van der Waals surface area contributed by atoms with E-state index >= 15 is 0 Å². The minimum atomic E-state index is -4.94. The zero-order valence-corrected chi connectivity index (χ0v) is 28.6. The van der Waals surface area contributed by atoms with Crippen molar-refractivity contribution in [1.82, 2.24) is 24.9 Å². The number of carboxylic acids is 3. The van der Waals surface area contributed by atoms with Gasteiger partial charge in [0, 0.05) is 71.0 Å². The maximum Gasteiger partial charge on any atom is 0.416 e. The molecule has 8 N–H and O–H groups in total. The number of alkyl halides is 3. The molecule has 0 aromatic heterocycles. The number of hydrogen-bond acceptors (Lipinski definition) is 15. The van der Waals surface area contributed by atoms with Crippen LogP contribution < -0.4 is 10.1 Å². The van der Waals surface area contributed by atoms with Gasteiger partial charge in [-0.05, 0) is 12.1 Å². The number of aliphatic hydroxyl groups is 4. The lowest BCUT2D eigenvalue weighted by Crippen LogP contribution is -2.60. The lowest BCUT2D eigenvalue weighted by Gasteiger charge is -2.39. The quantitative estimate of drug-likeness (QED) is 0.0980. The minimum absolute atomic E-state index is 0.0406. The van der Waals surface area contributed by atoms with Crippen LogP contribution in [0.15, 0.2) is 18.2 Å². The van der Waals surface area contributed by atoms with E-state index in [1.165, 1.54) is 0 Å². The van der Waals surface area contributed by atoms with Crippen LogP contribution in [-0.4, -0.2) is 202 Å². The van der Waals surface area contributed by atoms with Gasteiger partial charge in [-0.25, -0.2) is 4.79 Å². The fraction of sp³-hybridized carbons (Fsp3) is 0.677. The molecule has 2 saturated heterocycles. The molecule has 300 valence electrons. The highest BCUT2D eigenvalue weighted by Gasteiger charge is 2.45. The summed E-state index contributed by atoms with van der Waals surface area (Å²) in [4.78, 5) is 53.5. The van der Waals surface area contributed by atoms with Gasteiger partial charge in [-0.3, -0.25) is 34.0 Å². The highest BCUT2D eigenvalue weighted by molar-refractivity contribution is 5.70. The molecule has 3 rings (SSSR count). The molecule has 0 bridgehead atoms. The number of hydrogen-bond donors (Lipinski definition) is 8. The van der Waals surface area contributed by atoms with Crippen LogP contribution >= 0.6 is 0 Å². The van der Waals surface area contributed by atoms with Crippen LogP contribution in [0.25, 0.3) is 0 Å². The summed E-state index contributed by atoms with van der Waals surface area (Å²) in [5.41, 5.74) is -1.69. The lowest BCUT2D eigenvalue weighted by atomic mass is 9.99. The maximum absolute atomic E-state index is 14.0. The van der Waals surface area contributed by atoms with Crippen LogP contribution in [0, 0.1) is 0 Å². The Hall–Kier alpha value is -3.87. The first-order valence-electron chi connectivity index (χ1n) is 16.6. The summed E-state index contributed by atoms with van der Waals surface area (Å²) in [6.45, 7) is -0.437. The van der Waals surface area contributed by atoms with E-state index in [1.54, 1.807) is 14.7 Å². The van der Waals surface area contributed by atoms with Gasteiger partial charge >= 0.3 is 30.2 Å². The summed E-state index contributed by atoms with van der Waals surface area (Å²) in [5, 5.41) is 69.8.